The summed E-state index contributed by atoms with van der Waals surface area (Å²) in [6, 6.07) is 11.0. The third kappa shape index (κ3) is 1.95. The second-order valence-electron chi connectivity index (χ2n) is 4.60. The van der Waals surface area contributed by atoms with Gasteiger partial charge in [-0.1, -0.05) is 12.1 Å². The lowest BCUT2D eigenvalue weighted by molar-refractivity contribution is 0.416. The van der Waals surface area contributed by atoms with Crippen molar-refractivity contribution in [1.29, 1.82) is 0 Å². The first-order valence-corrected chi connectivity index (χ1v) is 6.33. The predicted octanol–water partition coefficient (Wildman–Crippen LogP) is 2.91. The van der Waals surface area contributed by atoms with E-state index in [2.05, 4.69) is 9.97 Å². The number of rotatable bonds is 2. The quantitative estimate of drug-likeness (QED) is 0.776. The summed E-state index contributed by atoms with van der Waals surface area (Å²) in [5, 5.41) is 0.631. The van der Waals surface area contributed by atoms with Gasteiger partial charge in [-0.15, -0.1) is 0 Å². The first-order valence-electron chi connectivity index (χ1n) is 6.33. The molecule has 2 aromatic heterocycles. The number of pyridine rings is 2. The van der Waals surface area contributed by atoms with E-state index in [1.165, 1.54) is 0 Å². The zero-order valence-electron chi connectivity index (χ0n) is 11.3. The number of fused-ring (bicyclic) bond motifs is 1. The summed E-state index contributed by atoms with van der Waals surface area (Å²) in [5.74, 6) is 0.718. The van der Waals surface area contributed by atoms with Crippen molar-refractivity contribution in [3.63, 3.8) is 0 Å². The average Bonchev–Trinajstić information content (AvgIpc) is 2.47. The molecule has 0 aliphatic rings. The number of aromatic amines is 1. The number of aryl methyl sites for hydroxylation is 1. The van der Waals surface area contributed by atoms with Gasteiger partial charge in [0, 0.05) is 17.8 Å². The van der Waals surface area contributed by atoms with Crippen molar-refractivity contribution in [2.45, 2.75) is 6.92 Å². The molecule has 0 unspecified atom stereocenters. The molecule has 0 saturated heterocycles. The van der Waals surface area contributed by atoms with Gasteiger partial charge in [-0.05, 0) is 30.7 Å². The van der Waals surface area contributed by atoms with Crippen LogP contribution in [0.3, 0.4) is 0 Å². The molecule has 0 fully saturated rings. The second kappa shape index (κ2) is 4.81. The number of hydrogen-bond acceptors (Lipinski definition) is 3. The minimum Gasteiger partial charge on any atom is -0.496 e. The van der Waals surface area contributed by atoms with E-state index in [9.17, 15) is 4.79 Å². The van der Waals surface area contributed by atoms with Crippen LogP contribution in [-0.2, 0) is 0 Å². The molecule has 0 bridgehead atoms. The molecule has 1 N–H and O–H groups in total. The molecule has 1 aromatic carbocycles. The van der Waals surface area contributed by atoms with Gasteiger partial charge in [-0.3, -0.25) is 4.79 Å². The summed E-state index contributed by atoms with van der Waals surface area (Å²) in [5.41, 5.74) is 3.03. The molecule has 0 radical (unpaired) electrons. The summed E-state index contributed by atoms with van der Waals surface area (Å²) in [6.45, 7) is 1.90. The first-order chi connectivity index (χ1) is 9.70. The van der Waals surface area contributed by atoms with Gasteiger partial charge in [0.2, 0.25) is 0 Å². The lowest BCUT2D eigenvalue weighted by atomic mass is 10.1. The van der Waals surface area contributed by atoms with Gasteiger partial charge in [-0.2, -0.15) is 0 Å². The first kappa shape index (κ1) is 12.4. The molecule has 100 valence electrons. The molecule has 3 aromatic rings. The molecule has 0 saturated carbocycles. The van der Waals surface area contributed by atoms with Gasteiger partial charge in [0.05, 0.1) is 18.2 Å². The molecule has 20 heavy (non-hydrogen) atoms. The summed E-state index contributed by atoms with van der Waals surface area (Å²) >= 11 is 0. The minimum atomic E-state index is -0.0368. The lowest BCUT2D eigenvalue weighted by Gasteiger charge is -2.09. The fourth-order valence-electron chi connectivity index (χ4n) is 2.34. The van der Waals surface area contributed by atoms with E-state index >= 15 is 0 Å². The Bertz CT molecular complexity index is 837. The zero-order valence-corrected chi connectivity index (χ0v) is 11.3. The number of hydrogen-bond donors (Lipinski definition) is 1. The summed E-state index contributed by atoms with van der Waals surface area (Å²) < 4.78 is 5.33. The Hall–Kier alpha value is -2.62. The molecule has 4 heteroatoms. The maximum Gasteiger partial charge on any atom is 0.191 e. The van der Waals surface area contributed by atoms with Gasteiger partial charge < -0.3 is 9.72 Å². The average molecular weight is 266 g/mol. The van der Waals surface area contributed by atoms with Crippen LogP contribution in [-0.4, -0.2) is 17.1 Å². The fraction of sp³-hybridized carbons (Fsp3) is 0.125. The number of aromatic nitrogens is 2. The fourth-order valence-corrected chi connectivity index (χ4v) is 2.34. The van der Waals surface area contributed by atoms with Crippen LogP contribution in [0.15, 0.2) is 47.4 Å². The van der Waals surface area contributed by atoms with E-state index in [1.807, 2.05) is 37.3 Å². The molecule has 0 atom stereocenters. The third-order valence-electron chi connectivity index (χ3n) is 3.33. The van der Waals surface area contributed by atoms with Crippen LogP contribution in [0.2, 0.25) is 0 Å². The van der Waals surface area contributed by atoms with Gasteiger partial charge >= 0.3 is 0 Å². The van der Waals surface area contributed by atoms with Crippen LogP contribution >= 0.6 is 0 Å². The molecule has 0 amide bonds. The van der Waals surface area contributed by atoms with Crippen molar-refractivity contribution < 1.29 is 4.74 Å². The Balaban J connectivity index is 2.31. The summed E-state index contributed by atoms with van der Waals surface area (Å²) in [7, 11) is 1.61. The van der Waals surface area contributed by atoms with Crippen LogP contribution in [0.5, 0.6) is 5.75 Å². The van der Waals surface area contributed by atoms with E-state index < -0.39 is 0 Å². The molecule has 0 aliphatic carbocycles. The van der Waals surface area contributed by atoms with Crippen LogP contribution in [0.25, 0.3) is 22.3 Å². The Morgan fingerprint density at radius 1 is 1.20 bits per heavy atom. The van der Waals surface area contributed by atoms with Gasteiger partial charge in [0.25, 0.3) is 0 Å². The Morgan fingerprint density at radius 2 is 2.00 bits per heavy atom. The van der Waals surface area contributed by atoms with Crippen LogP contribution < -0.4 is 10.2 Å². The number of para-hydroxylation sites is 1. The zero-order chi connectivity index (χ0) is 14.1. The van der Waals surface area contributed by atoms with Crippen LogP contribution in [0.1, 0.15) is 5.56 Å². The third-order valence-corrected chi connectivity index (χ3v) is 3.33. The normalized spacial score (nSPS) is 10.7. The standard InChI is InChI=1S/C16H14N2O2/c1-10-7-8-17-16-15(10)13(19)9-12(18-16)11-5-3-4-6-14(11)20-2/h3-9H,1-2H3,(H,17,18,19). The topological polar surface area (TPSA) is 55.0 Å². The maximum atomic E-state index is 12.3. The Morgan fingerprint density at radius 3 is 2.80 bits per heavy atom. The van der Waals surface area contributed by atoms with E-state index in [4.69, 9.17) is 4.74 Å². The minimum absolute atomic E-state index is 0.0368. The number of nitrogens with one attached hydrogen (secondary N) is 1. The van der Waals surface area contributed by atoms with E-state index in [-0.39, 0.29) is 5.43 Å². The SMILES string of the molecule is COc1ccccc1-c1cc(=O)c2c(C)ccnc2[nH]1. The van der Waals surface area contributed by atoms with Crippen molar-refractivity contribution in [2.75, 3.05) is 7.11 Å². The van der Waals surface area contributed by atoms with Gasteiger partial charge in [0.1, 0.15) is 11.4 Å². The largest absolute Gasteiger partial charge is 0.496 e. The van der Waals surface area contributed by atoms with Crippen molar-refractivity contribution in [1.82, 2.24) is 9.97 Å². The second-order valence-corrected chi connectivity index (χ2v) is 4.60. The van der Waals surface area contributed by atoms with Gasteiger partial charge in [-0.25, -0.2) is 4.98 Å². The van der Waals surface area contributed by atoms with Crippen LogP contribution in [0.4, 0.5) is 0 Å². The Labute approximate surface area is 116 Å². The molecule has 3 rings (SSSR count). The van der Waals surface area contributed by atoms with E-state index in [0.29, 0.717) is 16.7 Å². The molecular weight excluding hydrogens is 252 g/mol. The number of benzene rings is 1. The molecule has 0 spiro atoms. The maximum absolute atomic E-state index is 12.3. The van der Waals surface area contributed by atoms with E-state index in [1.54, 1.807) is 19.4 Å². The van der Waals surface area contributed by atoms with Gasteiger partial charge in [0.15, 0.2) is 5.43 Å². The predicted molar refractivity (Wildman–Crippen MR) is 79.1 cm³/mol. The highest BCUT2D eigenvalue weighted by Gasteiger charge is 2.10. The van der Waals surface area contributed by atoms with Crippen molar-refractivity contribution >= 4 is 11.0 Å². The summed E-state index contributed by atoms with van der Waals surface area (Å²) in [6.07, 6.45) is 1.69. The lowest BCUT2D eigenvalue weighted by Crippen LogP contribution is -2.06. The highest BCUT2D eigenvalue weighted by Crippen LogP contribution is 2.28. The summed E-state index contributed by atoms with van der Waals surface area (Å²) in [4.78, 5) is 19.7. The number of nitrogens with zero attached hydrogens (tertiary/aromatic N) is 1. The molecule has 2 heterocycles. The highest BCUT2D eigenvalue weighted by atomic mass is 16.5. The molecule has 0 aliphatic heterocycles. The smallest absolute Gasteiger partial charge is 0.191 e. The highest BCUT2D eigenvalue weighted by molar-refractivity contribution is 5.81. The number of methoxy groups -OCH3 is 1. The number of ether oxygens (including phenoxy) is 1. The van der Waals surface area contributed by atoms with E-state index in [0.717, 1.165) is 16.9 Å². The molecular formula is C16H14N2O2. The molecule has 4 nitrogen and oxygen atoms in total. The van der Waals surface area contributed by atoms with Crippen molar-refractivity contribution in [3.8, 4) is 17.0 Å². The van der Waals surface area contributed by atoms with Crippen LogP contribution in [0, 0.1) is 6.92 Å². The number of H-pyrrole nitrogens is 1. The van der Waals surface area contributed by atoms with Crippen molar-refractivity contribution in [2.24, 2.45) is 0 Å². The van der Waals surface area contributed by atoms with Crippen molar-refractivity contribution in [3.05, 3.63) is 58.4 Å². The monoisotopic (exact) mass is 266 g/mol. The Kier molecular flexibility index (Phi) is 2.99.